The molecule has 2 fully saturated rings. The highest BCUT2D eigenvalue weighted by Crippen LogP contribution is 2.28. The van der Waals surface area contributed by atoms with E-state index in [9.17, 15) is 33.9 Å². The minimum atomic E-state index is -1.01. The molecule has 22 heteroatoms. The molecule has 6 aromatic rings. The first-order valence-electron chi connectivity index (χ1n) is 25.8. The normalized spacial score (nSPS) is 16.6. The van der Waals surface area contributed by atoms with Crippen LogP contribution in [-0.2, 0) is 38.1 Å². The van der Waals surface area contributed by atoms with E-state index < -0.39 is 36.1 Å². The number of nitrogens with two attached hydrogens (primary N) is 1. The Labute approximate surface area is 467 Å². The van der Waals surface area contributed by atoms with Crippen LogP contribution in [0.25, 0.3) is 21.8 Å². The zero-order valence-electron chi connectivity index (χ0n) is 45.5. The molecule has 4 aromatic heterocycles. The van der Waals surface area contributed by atoms with E-state index in [1.807, 2.05) is 52.1 Å². The second kappa shape index (κ2) is 30.7. The maximum absolute atomic E-state index is 13.8. The fourth-order valence-corrected chi connectivity index (χ4v) is 9.15. The molecule has 2 aromatic carbocycles. The summed E-state index contributed by atoms with van der Waals surface area (Å²) in [6, 6.07) is 15.6. The summed E-state index contributed by atoms with van der Waals surface area (Å²) in [4.78, 5) is 96.0. The lowest BCUT2D eigenvalue weighted by molar-refractivity contribution is -0.142. The minimum absolute atomic E-state index is 0. The Kier molecular flexibility index (Phi) is 25.0. The quantitative estimate of drug-likeness (QED) is 0.0775. The number of halogens is 1. The Morgan fingerprint density at radius 2 is 1.14 bits per heavy atom. The van der Waals surface area contributed by atoms with Crippen LogP contribution in [0.1, 0.15) is 110 Å². The molecular formula is C57H77ClN10O11. The molecule has 0 saturated carbocycles. The number of esters is 2. The average molecular weight is 1110 g/mol. The number of carbonyl (C=O) groups is 4. The van der Waals surface area contributed by atoms with Gasteiger partial charge in [-0.25, -0.2) is 14.8 Å². The number of aromatic nitrogens is 6. The number of amides is 1. The van der Waals surface area contributed by atoms with Gasteiger partial charge in [-0.3, -0.25) is 43.1 Å². The van der Waals surface area contributed by atoms with Gasteiger partial charge in [0, 0.05) is 43.6 Å². The number of hydrogen-bond acceptors (Lipinski definition) is 17. The Morgan fingerprint density at radius 1 is 0.696 bits per heavy atom. The minimum Gasteiger partial charge on any atom is -0.480 e. The number of carboxylic acids is 1. The smallest absolute Gasteiger partial charge is 0.326 e. The highest BCUT2D eigenvalue weighted by atomic mass is 35.5. The number of fused-ring (bicyclic) bond motifs is 2. The van der Waals surface area contributed by atoms with Gasteiger partial charge in [-0.15, -0.1) is 12.4 Å². The number of para-hydroxylation sites is 2. The van der Waals surface area contributed by atoms with Crippen molar-refractivity contribution in [3.8, 4) is 0 Å². The predicted molar refractivity (Wildman–Crippen MR) is 305 cm³/mol. The van der Waals surface area contributed by atoms with Crippen molar-refractivity contribution in [1.29, 1.82) is 0 Å². The molecule has 2 aliphatic rings. The second-order valence-corrected chi connectivity index (χ2v) is 20.0. The van der Waals surface area contributed by atoms with Gasteiger partial charge in [-0.05, 0) is 86.1 Å². The molecule has 2 unspecified atom stereocenters. The first-order chi connectivity index (χ1) is 36.9. The summed E-state index contributed by atoms with van der Waals surface area (Å²) in [5.41, 5.74) is 9.99. The van der Waals surface area contributed by atoms with Crippen LogP contribution < -0.4 is 32.0 Å². The van der Waals surface area contributed by atoms with Crippen molar-refractivity contribution in [3.05, 3.63) is 130 Å². The Hall–Kier alpha value is -7.33. The van der Waals surface area contributed by atoms with Crippen molar-refractivity contribution >= 4 is 69.4 Å². The largest absolute Gasteiger partial charge is 0.480 e. The zero-order valence-corrected chi connectivity index (χ0v) is 46.3. The number of carbonyl (C=O) groups excluding carboxylic acids is 3. The molecule has 0 aliphatic carbocycles. The van der Waals surface area contributed by atoms with E-state index in [0.29, 0.717) is 79.2 Å². The van der Waals surface area contributed by atoms with Gasteiger partial charge in [0.1, 0.15) is 12.1 Å². The summed E-state index contributed by atoms with van der Waals surface area (Å²) in [5, 5.41) is 13.2. The fraction of sp³-hybridized carbons (Fsp3) is 0.474. The first kappa shape index (κ1) is 64.2. The molecule has 6 atom stereocenters. The van der Waals surface area contributed by atoms with Crippen LogP contribution in [0.3, 0.4) is 0 Å². The maximum Gasteiger partial charge on any atom is 0.326 e. The number of benzene rings is 2. The second-order valence-electron chi connectivity index (χ2n) is 20.0. The standard InChI is InChI=1S/C28H35N5O5.C14H21N3O3.C14H16N2O3.CH4.ClH/c1-18(2)11-25(33-17-30-23-8-6-5-7-22(23)28(33)36)27(35)31-24(13-26(34)37-4)20-12-21(15-29-14-20)32-9-10-38-16-19(32)3;1-10-9-20-4-3-17(10)12-5-11(7-16-8-12)13(15)6-14(18)19-2;1-9(2)7-12(14(18)19)16-8-15-11-6-4-3-5-10(11)13(16)17;;/h5-8,12,14-15,17-19,24-25H,9-11,13,16H2,1-4H3,(H,31,35);5,7-8,10,13H,3-4,6,9,15H2,1-2H3;3-6,8-9,12H,7H2,1-2H3,(H,18,19);1H4;1H/t19-,24?,25-;10-,13?;12-;;/m000../s1. The highest BCUT2D eigenvalue weighted by molar-refractivity contribution is 5.85. The number of carboxylic acid groups (broad SMARTS) is 1. The predicted octanol–water partition coefficient (Wildman–Crippen LogP) is 7.02. The molecule has 6 heterocycles. The van der Waals surface area contributed by atoms with Crippen molar-refractivity contribution in [2.24, 2.45) is 17.6 Å². The van der Waals surface area contributed by atoms with Gasteiger partial charge < -0.3 is 44.9 Å². The number of nitrogens with zero attached hydrogens (tertiary/aromatic N) is 8. The Balaban J connectivity index is 0.000000277. The lowest BCUT2D eigenvalue weighted by Gasteiger charge is -2.35. The number of hydrogen-bond donors (Lipinski definition) is 3. The van der Waals surface area contributed by atoms with Gasteiger partial charge in [0.2, 0.25) is 5.91 Å². The van der Waals surface area contributed by atoms with E-state index in [-0.39, 0.29) is 73.5 Å². The third-order valence-electron chi connectivity index (χ3n) is 13.3. The molecule has 4 N–H and O–H groups in total. The zero-order chi connectivity index (χ0) is 55.8. The summed E-state index contributed by atoms with van der Waals surface area (Å²) in [6.07, 6.45) is 10.6. The van der Waals surface area contributed by atoms with Crippen molar-refractivity contribution in [1.82, 2.24) is 34.4 Å². The fourth-order valence-electron chi connectivity index (χ4n) is 9.15. The van der Waals surface area contributed by atoms with Crippen LogP contribution in [-0.4, -0.2) is 124 Å². The lowest BCUT2D eigenvalue weighted by atomic mass is 10.00. The molecule has 0 spiro atoms. The molecular weight excluding hydrogens is 1040 g/mol. The number of aliphatic carboxylic acids is 1. The monoisotopic (exact) mass is 1110 g/mol. The number of anilines is 2. The van der Waals surface area contributed by atoms with Crippen LogP contribution in [0.5, 0.6) is 0 Å². The molecule has 2 saturated heterocycles. The number of ether oxygens (including phenoxy) is 4. The molecule has 21 nitrogen and oxygen atoms in total. The topological polar surface area (TPSA) is 266 Å². The average Bonchev–Trinajstić information content (AvgIpc) is 3.45. The molecule has 2 aliphatic heterocycles. The lowest BCUT2D eigenvalue weighted by Crippen LogP contribution is -2.44. The van der Waals surface area contributed by atoms with Crippen LogP contribution in [0.15, 0.2) is 108 Å². The van der Waals surface area contributed by atoms with Gasteiger partial charge in [0.15, 0.2) is 0 Å². The van der Waals surface area contributed by atoms with Crippen molar-refractivity contribution < 1.29 is 43.2 Å². The number of pyridine rings is 2. The van der Waals surface area contributed by atoms with E-state index in [2.05, 4.69) is 53.6 Å². The van der Waals surface area contributed by atoms with Crippen LogP contribution in [0, 0.1) is 11.8 Å². The number of morpholine rings is 2. The van der Waals surface area contributed by atoms with Gasteiger partial charge in [-0.1, -0.05) is 59.4 Å². The van der Waals surface area contributed by atoms with Crippen LogP contribution in [0.2, 0.25) is 0 Å². The van der Waals surface area contributed by atoms with E-state index in [0.717, 1.165) is 23.5 Å². The molecule has 79 heavy (non-hydrogen) atoms. The Bertz CT molecular complexity index is 3080. The third-order valence-corrected chi connectivity index (χ3v) is 13.3. The van der Waals surface area contributed by atoms with Crippen LogP contribution in [0.4, 0.5) is 11.4 Å². The highest BCUT2D eigenvalue weighted by Gasteiger charge is 2.30. The van der Waals surface area contributed by atoms with Crippen molar-refractivity contribution in [2.75, 3.05) is 63.5 Å². The van der Waals surface area contributed by atoms with E-state index >= 15 is 0 Å². The molecule has 428 valence electrons. The summed E-state index contributed by atoms with van der Waals surface area (Å²) >= 11 is 0. The van der Waals surface area contributed by atoms with Gasteiger partial charge in [0.05, 0.1) is 118 Å². The summed E-state index contributed by atoms with van der Waals surface area (Å²) in [5.74, 6) is -1.87. The third kappa shape index (κ3) is 17.3. The molecule has 0 radical (unpaired) electrons. The first-order valence-corrected chi connectivity index (χ1v) is 25.8. The van der Waals surface area contributed by atoms with Crippen molar-refractivity contribution in [2.45, 2.75) is 111 Å². The summed E-state index contributed by atoms with van der Waals surface area (Å²) < 4.78 is 23.1. The van der Waals surface area contributed by atoms with E-state index in [1.54, 1.807) is 61.1 Å². The number of rotatable bonds is 17. The maximum atomic E-state index is 13.8. The van der Waals surface area contributed by atoms with Crippen LogP contribution >= 0.6 is 12.4 Å². The van der Waals surface area contributed by atoms with E-state index in [4.69, 9.17) is 19.9 Å². The van der Waals surface area contributed by atoms with Crippen molar-refractivity contribution in [3.63, 3.8) is 0 Å². The van der Waals surface area contributed by atoms with Gasteiger partial charge in [0.25, 0.3) is 11.1 Å². The summed E-state index contributed by atoms with van der Waals surface area (Å²) in [7, 11) is 2.67. The number of nitrogens with one attached hydrogen (secondary N) is 1. The van der Waals surface area contributed by atoms with E-state index in [1.165, 1.54) is 36.0 Å². The Morgan fingerprint density at radius 3 is 1.61 bits per heavy atom. The molecule has 0 bridgehead atoms. The molecule has 8 rings (SSSR count). The van der Waals surface area contributed by atoms with Gasteiger partial charge >= 0.3 is 17.9 Å². The SMILES string of the molecule is C.CC(C)C[C@@H](C(=O)O)n1cnc2ccccc2c1=O.COC(=O)CC(N)c1cncc(N2CCOC[C@@H]2C)c1.COC(=O)CC(NC(=O)[C@H](CC(C)C)n1cnc2ccccc2c1=O)c1cncc(N2CCOC[C@@H]2C)c1.Cl. The number of methoxy groups -OCH3 is 2. The molecule has 1 amide bonds. The summed E-state index contributed by atoms with van der Waals surface area (Å²) in [6.45, 7) is 16.2. The van der Waals surface area contributed by atoms with Gasteiger partial charge in [-0.2, -0.15) is 0 Å².